The Bertz CT molecular complexity index is 735. The molecule has 1 atom stereocenters. The highest BCUT2D eigenvalue weighted by molar-refractivity contribution is 5.92. The van der Waals surface area contributed by atoms with Crippen molar-refractivity contribution >= 4 is 5.91 Å². The third kappa shape index (κ3) is 3.86. The van der Waals surface area contributed by atoms with Crippen molar-refractivity contribution in [1.82, 2.24) is 14.7 Å². The number of aryl methyl sites for hydroxylation is 2. The Morgan fingerprint density at radius 2 is 1.87 bits per heavy atom. The SMILES string of the molecule is CCCn1nc(C(=O)N(C)C(C)c2ccc(C)cc2)ccc1=O. The minimum atomic E-state index is -0.192. The van der Waals surface area contributed by atoms with E-state index in [4.69, 9.17) is 0 Å². The second-order valence-electron chi connectivity index (χ2n) is 5.78. The average molecular weight is 313 g/mol. The zero-order valence-corrected chi connectivity index (χ0v) is 14.1. The van der Waals surface area contributed by atoms with E-state index in [0.29, 0.717) is 12.2 Å². The highest BCUT2D eigenvalue weighted by Gasteiger charge is 2.20. The van der Waals surface area contributed by atoms with Crippen molar-refractivity contribution in [2.24, 2.45) is 0 Å². The number of aromatic nitrogens is 2. The van der Waals surface area contributed by atoms with Gasteiger partial charge in [0, 0.05) is 19.7 Å². The normalized spacial score (nSPS) is 12.0. The molecule has 0 saturated carbocycles. The predicted molar refractivity (Wildman–Crippen MR) is 90.5 cm³/mol. The van der Waals surface area contributed by atoms with Gasteiger partial charge in [0.25, 0.3) is 11.5 Å². The first-order chi connectivity index (χ1) is 10.9. The summed E-state index contributed by atoms with van der Waals surface area (Å²) in [6.07, 6.45) is 0.792. The minimum absolute atomic E-state index is 0.0727. The van der Waals surface area contributed by atoms with E-state index >= 15 is 0 Å². The Hall–Kier alpha value is -2.43. The van der Waals surface area contributed by atoms with Gasteiger partial charge in [-0.2, -0.15) is 5.10 Å². The molecule has 0 bridgehead atoms. The van der Waals surface area contributed by atoms with Crippen molar-refractivity contribution in [1.29, 1.82) is 0 Å². The third-order valence-electron chi connectivity index (χ3n) is 3.98. The summed E-state index contributed by atoms with van der Waals surface area (Å²) in [6.45, 7) is 6.49. The van der Waals surface area contributed by atoms with Crippen molar-refractivity contribution in [3.8, 4) is 0 Å². The van der Waals surface area contributed by atoms with Crippen LogP contribution in [0.15, 0.2) is 41.2 Å². The van der Waals surface area contributed by atoms with Gasteiger partial charge in [0.15, 0.2) is 0 Å². The van der Waals surface area contributed by atoms with Gasteiger partial charge in [-0.15, -0.1) is 0 Å². The lowest BCUT2D eigenvalue weighted by atomic mass is 10.1. The molecule has 5 nitrogen and oxygen atoms in total. The molecule has 0 aliphatic rings. The Kier molecular flexibility index (Phi) is 5.32. The van der Waals surface area contributed by atoms with Gasteiger partial charge in [-0.25, -0.2) is 4.68 Å². The molecule has 1 aromatic heterocycles. The maximum absolute atomic E-state index is 12.6. The summed E-state index contributed by atoms with van der Waals surface area (Å²) >= 11 is 0. The number of hydrogen-bond donors (Lipinski definition) is 0. The van der Waals surface area contributed by atoms with Crippen LogP contribution in [0, 0.1) is 6.92 Å². The number of nitrogens with zero attached hydrogens (tertiary/aromatic N) is 3. The largest absolute Gasteiger partial charge is 0.334 e. The van der Waals surface area contributed by atoms with Crippen molar-refractivity contribution in [3.63, 3.8) is 0 Å². The lowest BCUT2D eigenvalue weighted by Gasteiger charge is -2.25. The standard InChI is InChI=1S/C18H23N3O2/c1-5-12-21-17(22)11-10-16(19-21)18(23)20(4)14(3)15-8-6-13(2)7-9-15/h6-11,14H,5,12H2,1-4H3. The van der Waals surface area contributed by atoms with Crippen LogP contribution >= 0.6 is 0 Å². The molecule has 0 aliphatic heterocycles. The maximum atomic E-state index is 12.6. The molecule has 0 N–H and O–H groups in total. The van der Waals surface area contributed by atoms with E-state index in [-0.39, 0.29) is 17.5 Å². The lowest BCUT2D eigenvalue weighted by Crippen LogP contribution is -2.33. The smallest absolute Gasteiger partial charge is 0.274 e. The monoisotopic (exact) mass is 313 g/mol. The highest BCUT2D eigenvalue weighted by atomic mass is 16.2. The number of carbonyl (C=O) groups excluding carboxylic acids is 1. The fourth-order valence-corrected chi connectivity index (χ4v) is 2.36. The topological polar surface area (TPSA) is 55.2 Å². The maximum Gasteiger partial charge on any atom is 0.274 e. The number of rotatable bonds is 5. The van der Waals surface area contributed by atoms with Crippen molar-refractivity contribution < 1.29 is 4.79 Å². The van der Waals surface area contributed by atoms with Crippen LogP contribution in [-0.2, 0) is 6.54 Å². The average Bonchev–Trinajstić information content (AvgIpc) is 2.56. The highest BCUT2D eigenvalue weighted by Crippen LogP contribution is 2.20. The molecule has 1 unspecified atom stereocenters. The van der Waals surface area contributed by atoms with E-state index < -0.39 is 0 Å². The van der Waals surface area contributed by atoms with E-state index in [0.717, 1.165) is 12.0 Å². The van der Waals surface area contributed by atoms with E-state index in [2.05, 4.69) is 5.10 Å². The molecule has 1 aromatic carbocycles. The summed E-state index contributed by atoms with van der Waals surface area (Å²) in [4.78, 5) is 26.0. The fourth-order valence-electron chi connectivity index (χ4n) is 2.36. The molecule has 2 rings (SSSR count). The predicted octanol–water partition coefficient (Wildman–Crippen LogP) is 2.79. The summed E-state index contributed by atoms with van der Waals surface area (Å²) in [5.74, 6) is -0.192. The number of carbonyl (C=O) groups is 1. The molecule has 0 saturated heterocycles. The van der Waals surface area contributed by atoms with Gasteiger partial charge < -0.3 is 4.90 Å². The van der Waals surface area contributed by atoms with E-state index in [1.165, 1.54) is 22.4 Å². The zero-order chi connectivity index (χ0) is 17.0. The lowest BCUT2D eigenvalue weighted by molar-refractivity contribution is 0.0733. The Morgan fingerprint density at radius 3 is 2.48 bits per heavy atom. The van der Waals surface area contributed by atoms with Gasteiger partial charge in [0.1, 0.15) is 5.69 Å². The van der Waals surface area contributed by atoms with Crippen LogP contribution in [0.5, 0.6) is 0 Å². The molecule has 1 amide bonds. The van der Waals surface area contributed by atoms with Crippen LogP contribution in [0.1, 0.15) is 47.9 Å². The first-order valence-corrected chi connectivity index (χ1v) is 7.86. The second kappa shape index (κ2) is 7.22. The van der Waals surface area contributed by atoms with Crippen LogP contribution in [-0.4, -0.2) is 27.6 Å². The van der Waals surface area contributed by atoms with Gasteiger partial charge in [-0.3, -0.25) is 9.59 Å². The Labute approximate surface area is 136 Å². The van der Waals surface area contributed by atoms with E-state index in [9.17, 15) is 9.59 Å². The Balaban J connectivity index is 2.23. The van der Waals surface area contributed by atoms with Crippen molar-refractivity contribution in [2.75, 3.05) is 7.05 Å². The number of benzene rings is 1. The van der Waals surface area contributed by atoms with Gasteiger partial charge in [-0.1, -0.05) is 36.8 Å². The van der Waals surface area contributed by atoms with Crippen LogP contribution in [0.25, 0.3) is 0 Å². The van der Waals surface area contributed by atoms with Gasteiger partial charge in [0.05, 0.1) is 6.04 Å². The summed E-state index contributed by atoms with van der Waals surface area (Å²) in [7, 11) is 1.75. The summed E-state index contributed by atoms with van der Waals surface area (Å²) in [6, 6.07) is 10.9. The van der Waals surface area contributed by atoms with Crippen molar-refractivity contribution in [2.45, 2.75) is 39.8 Å². The summed E-state index contributed by atoms with van der Waals surface area (Å²) < 4.78 is 1.34. The van der Waals surface area contributed by atoms with Gasteiger partial charge >= 0.3 is 0 Å². The minimum Gasteiger partial charge on any atom is -0.334 e. The molecule has 122 valence electrons. The first-order valence-electron chi connectivity index (χ1n) is 7.86. The number of amides is 1. The van der Waals surface area contributed by atoms with Crippen LogP contribution < -0.4 is 5.56 Å². The van der Waals surface area contributed by atoms with Crippen LogP contribution in [0.2, 0.25) is 0 Å². The Morgan fingerprint density at radius 1 is 1.22 bits per heavy atom. The molecule has 0 fully saturated rings. The van der Waals surface area contributed by atoms with Crippen LogP contribution in [0.4, 0.5) is 0 Å². The molecule has 23 heavy (non-hydrogen) atoms. The third-order valence-corrected chi connectivity index (χ3v) is 3.98. The molecular weight excluding hydrogens is 290 g/mol. The molecular formula is C18H23N3O2. The molecule has 1 heterocycles. The fraction of sp³-hybridized carbons (Fsp3) is 0.389. The van der Waals surface area contributed by atoms with E-state index in [1.54, 1.807) is 11.9 Å². The van der Waals surface area contributed by atoms with Gasteiger partial charge in [0.2, 0.25) is 0 Å². The number of hydrogen-bond acceptors (Lipinski definition) is 3. The van der Waals surface area contributed by atoms with E-state index in [1.807, 2.05) is 45.0 Å². The quantitative estimate of drug-likeness (QED) is 0.853. The molecule has 0 aliphatic carbocycles. The second-order valence-corrected chi connectivity index (χ2v) is 5.78. The molecule has 0 radical (unpaired) electrons. The van der Waals surface area contributed by atoms with Gasteiger partial charge in [-0.05, 0) is 31.9 Å². The van der Waals surface area contributed by atoms with Crippen LogP contribution in [0.3, 0.4) is 0 Å². The molecule has 0 spiro atoms. The van der Waals surface area contributed by atoms with Crippen molar-refractivity contribution in [3.05, 3.63) is 63.6 Å². The summed E-state index contributed by atoms with van der Waals surface area (Å²) in [5.41, 5.74) is 2.36. The summed E-state index contributed by atoms with van der Waals surface area (Å²) in [5, 5.41) is 4.19. The first kappa shape index (κ1) is 16.9. The zero-order valence-electron chi connectivity index (χ0n) is 14.1. The molecule has 5 heteroatoms. The molecule has 2 aromatic rings.